The van der Waals surface area contributed by atoms with Gasteiger partial charge in [0.25, 0.3) is 0 Å². The summed E-state index contributed by atoms with van der Waals surface area (Å²) in [4.78, 5) is 23.0. The largest absolute Gasteiger partial charge is 0.451 e. The van der Waals surface area contributed by atoms with E-state index in [1.165, 1.54) is 6.39 Å². The van der Waals surface area contributed by atoms with Gasteiger partial charge in [-0.1, -0.05) is 6.07 Å². The first kappa shape index (κ1) is 17.4. The fourth-order valence-electron chi connectivity index (χ4n) is 3.39. The van der Waals surface area contributed by atoms with Gasteiger partial charge in [0.2, 0.25) is 5.91 Å². The molecule has 8 heteroatoms. The van der Waals surface area contributed by atoms with Crippen molar-refractivity contribution in [3.05, 3.63) is 54.0 Å². The predicted molar refractivity (Wildman–Crippen MR) is 96.7 cm³/mol. The van der Waals surface area contributed by atoms with Crippen LogP contribution < -0.4 is 0 Å². The molecular weight excluding hydrogens is 346 g/mol. The number of pyridine rings is 1. The fourth-order valence-corrected chi connectivity index (χ4v) is 3.39. The lowest BCUT2D eigenvalue weighted by Gasteiger charge is -2.28. The Hall–Kier alpha value is -3.00. The van der Waals surface area contributed by atoms with Crippen molar-refractivity contribution < 1.29 is 13.9 Å². The number of carbonyl (C=O) groups excluding carboxylic acids is 1. The van der Waals surface area contributed by atoms with Crippen molar-refractivity contribution in [3.63, 3.8) is 0 Å². The minimum absolute atomic E-state index is 0.0874. The molecule has 8 nitrogen and oxygen atoms in total. The molecule has 0 spiro atoms. The van der Waals surface area contributed by atoms with Gasteiger partial charge in [-0.05, 0) is 11.6 Å². The number of carbonyl (C=O) groups is 1. The van der Waals surface area contributed by atoms with Gasteiger partial charge in [-0.3, -0.25) is 14.5 Å². The molecule has 0 unspecified atom stereocenters. The summed E-state index contributed by atoms with van der Waals surface area (Å²) in [6.45, 7) is 2.43. The zero-order valence-corrected chi connectivity index (χ0v) is 15.2. The molecule has 4 heterocycles. The molecule has 1 aliphatic rings. The quantitative estimate of drug-likeness (QED) is 0.659. The summed E-state index contributed by atoms with van der Waals surface area (Å²) in [5.74, 6) is 0.0874. The highest BCUT2D eigenvalue weighted by Crippen LogP contribution is 2.29. The average Bonchev–Trinajstić information content (AvgIpc) is 3.34. The summed E-state index contributed by atoms with van der Waals surface area (Å²) in [6, 6.07) is 3.77. The SMILES string of the molecule is COCCn1nc(-c2cocn2)c2c1CCN(C(=O)Cc1cccnc1)C2. The van der Waals surface area contributed by atoms with Crippen molar-refractivity contribution in [1.29, 1.82) is 0 Å². The van der Waals surface area contributed by atoms with Crippen molar-refractivity contribution in [2.24, 2.45) is 0 Å². The molecule has 0 N–H and O–H groups in total. The maximum Gasteiger partial charge on any atom is 0.227 e. The lowest BCUT2D eigenvalue weighted by Crippen LogP contribution is -2.37. The van der Waals surface area contributed by atoms with Gasteiger partial charge in [-0.15, -0.1) is 0 Å². The molecule has 0 bridgehead atoms. The third kappa shape index (κ3) is 3.61. The molecule has 0 atom stereocenters. The van der Waals surface area contributed by atoms with Crippen LogP contribution in [0.15, 0.2) is 41.6 Å². The number of hydrogen-bond donors (Lipinski definition) is 0. The highest BCUT2D eigenvalue weighted by atomic mass is 16.5. The normalized spacial score (nSPS) is 13.6. The van der Waals surface area contributed by atoms with Crippen molar-refractivity contribution in [1.82, 2.24) is 24.6 Å². The second kappa shape index (κ2) is 7.71. The van der Waals surface area contributed by atoms with Crippen LogP contribution in [0.25, 0.3) is 11.4 Å². The highest BCUT2D eigenvalue weighted by Gasteiger charge is 2.28. The molecule has 3 aromatic heterocycles. The Morgan fingerprint density at radius 3 is 3.07 bits per heavy atom. The standard InChI is InChI=1S/C19H21N5O3/c1-26-8-7-24-17-4-6-23(18(25)9-14-3-2-5-20-10-14)11-15(17)19(22-24)16-12-27-13-21-16/h2-3,5,10,12-13H,4,6-9,11H2,1H3. The molecule has 0 saturated heterocycles. The van der Waals surface area contributed by atoms with Crippen LogP contribution in [0.5, 0.6) is 0 Å². The second-order valence-electron chi connectivity index (χ2n) is 6.47. The summed E-state index contributed by atoms with van der Waals surface area (Å²) >= 11 is 0. The van der Waals surface area contributed by atoms with E-state index in [0.717, 1.165) is 28.9 Å². The first-order valence-corrected chi connectivity index (χ1v) is 8.89. The Morgan fingerprint density at radius 1 is 1.41 bits per heavy atom. The summed E-state index contributed by atoms with van der Waals surface area (Å²) < 4.78 is 12.3. The lowest BCUT2D eigenvalue weighted by molar-refractivity contribution is -0.131. The van der Waals surface area contributed by atoms with Crippen LogP contribution in [0.4, 0.5) is 0 Å². The smallest absolute Gasteiger partial charge is 0.227 e. The van der Waals surface area contributed by atoms with Crippen LogP contribution in [0.1, 0.15) is 16.8 Å². The maximum absolute atomic E-state index is 12.8. The molecule has 0 radical (unpaired) electrons. The van der Waals surface area contributed by atoms with Gasteiger partial charge in [0, 0.05) is 50.3 Å². The minimum atomic E-state index is 0.0874. The van der Waals surface area contributed by atoms with Gasteiger partial charge in [-0.2, -0.15) is 5.10 Å². The van der Waals surface area contributed by atoms with Crippen LogP contribution in [0.2, 0.25) is 0 Å². The summed E-state index contributed by atoms with van der Waals surface area (Å²) in [5, 5.41) is 4.72. The molecule has 140 valence electrons. The Kier molecular flexibility index (Phi) is 4.97. The molecule has 0 aliphatic carbocycles. The monoisotopic (exact) mass is 367 g/mol. The molecule has 0 saturated carbocycles. The van der Waals surface area contributed by atoms with E-state index in [2.05, 4.69) is 9.97 Å². The van der Waals surface area contributed by atoms with Crippen molar-refractivity contribution in [2.45, 2.75) is 25.9 Å². The Bertz CT molecular complexity index is 905. The first-order valence-electron chi connectivity index (χ1n) is 8.89. The van der Waals surface area contributed by atoms with E-state index in [1.807, 2.05) is 21.7 Å². The molecule has 4 rings (SSSR count). The minimum Gasteiger partial charge on any atom is -0.451 e. The average molecular weight is 367 g/mol. The molecular formula is C19H21N5O3. The zero-order chi connectivity index (χ0) is 18.6. The van der Waals surface area contributed by atoms with E-state index in [4.69, 9.17) is 14.3 Å². The summed E-state index contributed by atoms with van der Waals surface area (Å²) in [5.41, 5.74) is 4.54. The molecule has 1 amide bonds. The Balaban J connectivity index is 1.59. The van der Waals surface area contributed by atoms with Crippen molar-refractivity contribution in [2.75, 3.05) is 20.3 Å². The van der Waals surface area contributed by atoms with E-state index in [0.29, 0.717) is 38.4 Å². The number of methoxy groups -OCH3 is 1. The maximum atomic E-state index is 12.8. The molecule has 0 aromatic carbocycles. The number of nitrogens with zero attached hydrogens (tertiary/aromatic N) is 5. The Labute approximate surface area is 156 Å². The van der Waals surface area contributed by atoms with E-state index < -0.39 is 0 Å². The van der Waals surface area contributed by atoms with Gasteiger partial charge >= 0.3 is 0 Å². The number of ether oxygens (including phenoxy) is 1. The first-order chi connectivity index (χ1) is 13.3. The van der Waals surface area contributed by atoms with Crippen LogP contribution >= 0.6 is 0 Å². The number of oxazole rings is 1. The van der Waals surface area contributed by atoms with Crippen LogP contribution in [-0.2, 0) is 35.5 Å². The number of hydrogen-bond acceptors (Lipinski definition) is 6. The van der Waals surface area contributed by atoms with Gasteiger partial charge < -0.3 is 14.1 Å². The summed E-state index contributed by atoms with van der Waals surface area (Å²) in [6.07, 6.45) is 7.52. The topological polar surface area (TPSA) is 86.3 Å². The highest BCUT2D eigenvalue weighted by molar-refractivity contribution is 5.79. The van der Waals surface area contributed by atoms with E-state index in [1.54, 1.807) is 25.8 Å². The number of amides is 1. The van der Waals surface area contributed by atoms with E-state index in [9.17, 15) is 4.79 Å². The summed E-state index contributed by atoms with van der Waals surface area (Å²) in [7, 11) is 1.67. The zero-order valence-electron chi connectivity index (χ0n) is 15.2. The van der Waals surface area contributed by atoms with Crippen LogP contribution in [0, 0.1) is 0 Å². The van der Waals surface area contributed by atoms with Gasteiger partial charge in [0.1, 0.15) is 17.7 Å². The third-order valence-electron chi connectivity index (χ3n) is 4.75. The number of aromatic nitrogens is 4. The van der Waals surface area contributed by atoms with E-state index in [-0.39, 0.29) is 5.91 Å². The van der Waals surface area contributed by atoms with Crippen LogP contribution in [-0.4, -0.2) is 50.8 Å². The van der Waals surface area contributed by atoms with Crippen molar-refractivity contribution >= 4 is 5.91 Å². The molecule has 3 aromatic rings. The third-order valence-corrected chi connectivity index (χ3v) is 4.75. The van der Waals surface area contributed by atoms with Crippen molar-refractivity contribution in [3.8, 4) is 11.4 Å². The Morgan fingerprint density at radius 2 is 2.33 bits per heavy atom. The number of fused-ring (bicyclic) bond motifs is 1. The molecule has 0 fully saturated rings. The molecule has 1 aliphatic heterocycles. The number of rotatable bonds is 6. The predicted octanol–water partition coefficient (Wildman–Crippen LogP) is 1.71. The second-order valence-corrected chi connectivity index (χ2v) is 6.47. The molecule has 27 heavy (non-hydrogen) atoms. The fraction of sp³-hybridized carbons (Fsp3) is 0.368. The van der Waals surface area contributed by atoms with Gasteiger partial charge in [0.15, 0.2) is 6.39 Å². The van der Waals surface area contributed by atoms with Crippen LogP contribution in [0.3, 0.4) is 0 Å². The van der Waals surface area contributed by atoms with E-state index >= 15 is 0 Å². The lowest BCUT2D eigenvalue weighted by atomic mass is 10.0. The van der Waals surface area contributed by atoms with Gasteiger partial charge in [0.05, 0.1) is 19.6 Å². The van der Waals surface area contributed by atoms with Gasteiger partial charge in [-0.25, -0.2) is 4.98 Å².